The van der Waals surface area contributed by atoms with E-state index in [1.165, 1.54) is 12.1 Å². The first-order valence-electron chi connectivity index (χ1n) is 4.38. The Bertz CT molecular complexity index is 597. The highest BCUT2D eigenvalue weighted by Gasteiger charge is 2.07. The maximum Gasteiger partial charge on any atom is 0.174 e. The van der Waals surface area contributed by atoms with Crippen LogP contribution in [0.3, 0.4) is 0 Å². The van der Waals surface area contributed by atoms with Gasteiger partial charge in [-0.05, 0) is 6.07 Å². The van der Waals surface area contributed by atoms with Gasteiger partial charge in [0.15, 0.2) is 6.33 Å². The number of halogens is 1. The van der Waals surface area contributed by atoms with Crippen molar-refractivity contribution in [3.63, 3.8) is 0 Å². The van der Waals surface area contributed by atoms with E-state index < -0.39 is 0 Å². The summed E-state index contributed by atoms with van der Waals surface area (Å²) in [6, 6.07) is 2.80. The van der Waals surface area contributed by atoms with Gasteiger partial charge in [-0.15, -0.1) is 0 Å². The summed E-state index contributed by atoms with van der Waals surface area (Å²) in [5, 5.41) is 0. The number of H-pyrrole nitrogens is 1. The standard InChI is InChI=1S/C10H6FN4/c11-7-3-8-10(14-5-13-8)9(4-7)15-2-1-12-6-15/h1-4,6H,(H,13,14). The van der Waals surface area contributed by atoms with Crippen LogP contribution in [0.1, 0.15) is 0 Å². The van der Waals surface area contributed by atoms with Crippen LogP contribution in [0.25, 0.3) is 16.7 Å². The summed E-state index contributed by atoms with van der Waals surface area (Å²) < 4.78 is 15.0. The van der Waals surface area contributed by atoms with Gasteiger partial charge in [-0.3, -0.25) is 0 Å². The van der Waals surface area contributed by atoms with Gasteiger partial charge in [0.25, 0.3) is 0 Å². The third kappa shape index (κ3) is 1.20. The number of nitrogens with zero attached hydrogens (tertiary/aromatic N) is 3. The number of fused-ring (bicyclic) bond motifs is 1. The lowest BCUT2D eigenvalue weighted by molar-refractivity contribution is 0.628. The Morgan fingerprint density at radius 3 is 3.13 bits per heavy atom. The summed E-state index contributed by atoms with van der Waals surface area (Å²) in [5.41, 5.74) is 1.95. The van der Waals surface area contributed by atoms with E-state index in [9.17, 15) is 4.39 Å². The van der Waals surface area contributed by atoms with Crippen LogP contribution in [0.2, 0.25) is 0 Å². The summed E-state index contributed by atoms with van der Waals surface area (Å²) in [6.07, 6.45) is 7.56. The van der Waals surface area contributed by atoms with Gasteiger partial charge in [0, 0.05) is 18.5 Å². The van der Waals surface area contributed by atoms with Crippen molar-refractivity contribution in [1.82, 2.24) is 19.5 Å². The number of benzene rings is 1. The molecule has 2 heterocycles. The molecular weight excluding hydrogens is 195 g/mol. The minimum Gasteiger partial charge on any atom is -0.335 e. The molecule has 0 amide bonds. The van der Waals surface area contributed by atoms with E-state index in [1.54, 1.807) is 23.3 Å². The predicted octanol–water partition coefficient (Wildman–Crippen LogP) is 1.69. The van der Waals surface area contributed by atoms with Gasteiger partial charge in [0.1, 0.15) is 11.3 Å². The molecule has 0 saturated heterocycles. The maximum absolute atomic E-state index is 13.3. The first-order chi connectivity index (χ1) is 7.34. The summed E-state index contributed by atoms with van der Waals surface area (Å²) >= 11 is 0. The van der Waals surface area contributed by atoms with Crippen molar-refractivity contribution < 1.29 is 4.39 Å². The van der Waals surface area contributed by atoms with Gasteiger partial charge in [0.2, 0.25) is 0 Å². The zero-order valence-electron chi connectivity index (χ0n) is 7.61. The van der Waals surface area contributed by atoms with Crippen LogP contribution in [0, 0.1) is 12.1 Å². The van der Waals surface area contributed by atoms with Crippen LogP contribution >= 0.6 is 0 Å². The van der Waals surface area contributed by atoms with Gasteiger partial charge >= 0.3 is 0 Å². The summed E-state index contributed by atoms with van der Waals surface area (Å²) in [5.74, 6) is -0.316. The summed E-state index contributed by atoms with van der Waals surface area (Å²) in [7, 11) is 0. The zero-order chi connectivity index (χ0) is 10.3. The average Bonchev–Trinajstić information content (AvgIpc) is 2.86. The third-order valence-corrected chi connectivity index (χ3v) is 2.20. The number of hydrogen-bond donors (Lipinski definition) is 1. The monoisotopic (exact) mass is 201 g/mol. The van der Waals surface area contributed by atoms with Crippen molar-refractivity contribution in [2.45, 2.75) is 0 Å². The molecule has 1 aromatic carbocycles. The van der Waals surface area contributed by atoms with E-state index in [2.05, 4.69) is 21.3 Å². The van der Waals surface area contributed by atoms with Crippen molar-refractivity contribution in [3.8, 4) is 5.69 Å². The summed E-state index contributed by atoms with van der Waals surface area (Å²) in [4.78, 5) is 10.7. The van der Waals surface area contributed by atoms with E-state index in [4.69, 9.17) is 0 Å². The van der Waals surface area contributed by atoms with Gasteiger partial charge in [0.05, 0.1) is 17.5 Å². The first-order valence-corrected chi connectivity index (χ1v) is 4.38. The normalized spacial score (nSPS) is 11.0. The lowest BCUT2D eigenvalue weighted by Crippen LogP contribution is -1.93. The fourth-order valence-electron chi connectivity index (χ4n) is 1.54. The van der Waals surface area contributed by atoms with Crippen LogP contribution in [0.5, 0.6) is 0 Å². The van der Waals surface area contributed by atoms with Crippen LogP contribution in [0.15, 0.2) is 30.9 Å². The smallest absolute Gasteiger partial charge is 0.174 e. The fourth-order valence-corrected chi connectivity index (χ4v) is 1.54. The highest BCUT2D eigenvalue weighted by molar-refractivity contribution is 5.83. The van der Waals surface area contributed by atoms with Gasteiger partial charge in [-0.25, -0.2) is 14.4 Å². The van der Waals surface area contributed by atoms with E-state index >= 15 is 0 Å². The molecule has 0 atom stereocenters. The third-order valence-electron chi connectivity index (χ3n) is 2.20. The Morgan fingerprint density at radius 2 is 2.33 bits per heavy atom. The largest absolute Gasteiger partial charge is 0.335 e. The van der Waals surface area contributed by atoms with Crippen molar-refractivity contribution in [3.05, 3.63) is 43.0 Å². The molecular formula is C10H6FN4. The van der Waals surface area contributed by atoms with Gasteiger partial charge in [-0.1, -0.05) is 0 Å². The molecule has 0 bridgehead atoms. The molecule has 1 N–H and O–H groups in total. The van der Waals surface area contributed by atoms with E-state index in [-0.39, 0.29) is 5.82 Å². The second kappa shape index (κ2) is 2.91. The SMILES string of the molecule is Fc1cc(-n2ccnc2)c2n[c][nH]c2c1. The number of rotatable bonds is 1. The van der Waals surface area contributed by atoms with Gasteiger partial charge in [-0.2, -0.15) is 0 Å². The van der Waals surface area contributed by atoms with Crippen LogP contribution in [0.4, 0.5) is 4.39 Å². The van der Waals surface area contributed by atoms with Crippen molar-refractivity contribution >= 4 is 11.0 Å². The molecule has 2 aromatic heterocycles. The number of aromatic nitrogens is 4. The van der Waals surface area contributed by atoms with Crippen LogP contribution in [-0.2, 0) is 0 Å². The first kappa shape index (κ1) is 8.16. The van der Waals surface area contributed by atoms with Crippen LogP contribution in [-0.4, -0.2) is 19.5 Å². The number of nitrogens with one attached hydrogen (secondary N) is 1. The quantitative estimate of drug-likeness (QED) is 0.651. The number of imidazole rings is 2. The fraction of sp³-hybridized carbons (Fsp3) is 0. The topological polar surface area (TPSA) is 46.5 Å². The second-order valence-corrected chi connectivity index (χ2v) is 3.14. The van der Waals surface area contributed by atoms with Crippen molar-refractivity contribution in [2.24, 2.45) is 0 Å². The molecule has 0 unspecified atom stereocenters. The molecule has 0 saturated carbocycles. The number of hydrogen-bond acceptors (Lipinski definition) is 2. The minimum absolute atomic E-state index is 0.316. The molecule has 15 heavy (non-hydrogen) atoms. The Morgan fingerprint density at radius 1 is 1.40 bits per heavy atom. The molecule has 3 rings (SSSR count). The Labute approximate surface area is 84.4 Å². The highest BCUT2D eigenvalue weighted by Crippen LogP contribution is 2.20. The molecule has 0 fully saturated rings. The van der Waals surface area contributed by atoms with Crippen LogP contribution < -0.4 is 0 Å². The van der Waals surface area contributed by atoms with Crippen molar-refractivity contribution in [2.75, 3.05) is 0 Å². The molecule has 0 aliphatic heterocycles. The molecule has 3 aromatic rings. The number of aromatic amines is 1. The molecule has 5 heteroatoms. The Balaban J connectivity index is 2.38. The lowest BCUT2D eigenvalue weighted by Gasteiger charge is -2.02. The summed E-state index contributed by atoms with van der Waals surface area (Å²) in [6.45, 7) is 0. The molecule has 0 aliphatic rings. The Kier molecular flexibility index (Phi) is 1.58. The second-order valence-electron chi connectivity index (χ2n) is 3.14. The lowest BCUT2D eigenvalue weighted by atomic mass is 10.2. The van der Waals surface area contributed by atoms with Crippen molar-refractivity contribution in [1.29, 1.82) is 0 Å². The zero-order valence-corrected chi connectivity index (χ0v) is 7.61. The van der Waals surface area contributed by atoms with Gasteiger partial charge < -0.3 is 9.55 Å². The van der Waals surface area contributed by atoms with E-state index in [1.807, 2.05) is 0 Å². The average molecular weight is 201 g/mol. The van der Waals surface area contributed by atoms with E-state index in [0.717, 1.165) is 0 Å². The molecule has 4 nitrogen and oxygen atoms in total. The molecule has 1 radical (unpaired) electrons. The molecule has 0 aliphatic carbocycles. The maximum atomic E-state index is 13.3. The molecule has 0 spiro atoms. The highest BCUT2D eigenvalue weighted by atomic mass is 19.1. The predicted molar refractivity (Wildman–Crippen MR) is 52.0 cm³/mol. The van der Waals surface area contributed by atoms with E-state index in [0.29, 0.717) is 16.7 Å². The minimum atomic E-state index is -0.316. The molecule has 73 valence electrons. The Hall–Kier alpha value is -2.17.